The molecule has 0 radical (unpaired) electrons. The van der Waals surface area contributed by atoms with E-state index in [1.54, 1.807) is 23.3 Å². The predicted molar refractivity (Wildman–Crippen MR) is 73.7 cm³/mol. The van der Waals surface area contributed by atoms with E-state index in [-0.39, 0.29) is 14.9 Å². The Hall–Kier alpha value is 0.0600. The van der Waals surface area contributed by atoms with Crippen LogP contribution in [-0.2, 0) is 23.3 Å². The van der Waals surface area contributed by atoms with Crippen LogP contribution < -0.4 is 0 Å². The predicted octanol–water partition coefficient (Wildman–Crippen LogP) is 3.37. The Balaban J connectivity index is -0.000000169. The summed E-state index contributed by atoms with van der Waals surface area (Å²) >= 11 is 1.58. The fraction of sp³-hybridized carbons (Fsp3) is 0.286. The fourth-order valence-corrected chi connectivity index (χ4v) is 0.960. The second kappa shape index (κ2) is 15.1. The molecule has 0 saturated carbocycles. The van der Waals surface area contributed by atoms with Crippen LogP contribution in [0.3, 0.4) is 0 Å². The van der Waals surface area contributed by atoms with E-state index in [1.807, 2.05) is 19.0 Å². The van der Waals surface area contributed by atoms with Crippen LogP contribution in [0, 0.1) is 27.0 Å². The maximum absolute atomic E-state index is 3.12. The average Bonchev–Trinajstić information content (AvgIpc) is 2.86. The van der Waals surface area contributed by atoms with Crippen molar-refractivity contribution in [3.05, 3.63) is 62.5 Å². The minimum atomic E-state index is 0. The average molecular weight is 310 g/mol. The standard InChI is InChI=1S/C7H9.C5H5.2CH3.H2Si.Zr/c1-6-4-3-5-7(6)2;1-2-4-5-3-1;;;;/h4H,5H2,1-2H3;1-3H,4H2;2*1H3;1H2;/q4*-1;;. The topological polar surface area (TPSA) is 0 Å². The molecule has 0 heterocycles. The minimum absolute atomic E-state index is 0. The zero-order chi connectivity index (χ0) is 10.8. The molecule has 2 rings (SSSR count). The molecule has 0 unspecified atom stereocenters. The Kier molecular flexibility index (Phi) is 20.1. The molecule has 0 N–H and O–H groups in total. The van der Waals surface area contributed by atoms with Gasteiger partial charge < -0.3 is 14.9 Å². The summed E-state index contributed by atoms with van der Waals surface area (Å²) in [7, 11) is 0. The van der Waals surface area contributed by atoms with Gasteiger partial charge in [-0.05, 0) is 0 Å². The first kappa shape index (κ1) is 21.4. The van der Waals surface area contributed by atoms with Crippen LogP contribution in [0.5, 0.6) is 0 Å². The SMILES string of the molecule is CC1=C(C)C[C-]=C1.[C-]1=CC=CC1.[CH3-].[CH3-].[SiH2]=[Zr]. The summed E-state index contributed by atoms with van der Waals surface area (Å²) in [6.45, 7) is 6.22. The van der Waals surface area contributed by atoms with Crippen molar-refractivity contribution >= 4 is 6.88 Å². The number of hydrogen-bond acceptors (Lipinski definition) is 0. The number of rotatable bonds is 0. The summed E-state index contributed by atoms with van der Waals surface area (Å²) in [4.78, 5) is 0. The van der Waals surface area contributed by atoms with E-state index in [4.69, 9.17) is 0 Å². The first-order chi connectivity index (χ1) is 6.80. The Bertz CT molecular complexity index is 262. The monoisotopic (exact) mass is 308 g/mol. The van der Waals surface area contributed by atoms with Gasteiger partial charge in [0.05, 0.1) is 0 Å². The van der Waals surface area contributed by atoms with Crippen molar-refractivity contribution in [3.63, 3.8) is 0 Å². The van der Waals surface area contributed by atoms with Crippen LogP contribution in [0.25, 0.3) is 0 Å². The van der Waals surface area contributed by atoms with Crippen LogP contribution >= 0.6 is 0 Å². The third-order valence-corrected chi connectivity index (χ3v) is 1.94. The van der Waals surface area contributed by atoms with Crippen molar-refractivity contribution in [3.8, 4) is 0 Å². The van der Waals surface area contributed by atoms with E-state index in [1.165, 1.54) is 11.1 Å². The third kappa shape index (κ3) is 10.6. The fourth-order valence-electron chi connectivity index (χ4n) is 0.960. The van der Waals surface area contributed by atoms with E-state index in [0.29, 0.717) is 0 Å². The molecule has 0 aromatic heterocycles. The molecule has 2 heteroatoms. The Morgan fingerprint density at radius 2 is 1.81 bits per heavy atom. The van der Waals surface area contributed by atoms with Gasteiger partial charge in [-0.25, -0.2) is 23.8 Å². The van der Waals surface area contributed by atoms with Gasteiger partial charge in [-0.1, -0.05) is 6.92 Å². The van der Waals surface area contributed by atoms with Crippen molar-refractivity contribution in [1.29, 1.82) is 0 Å². The van der Waals surface area contributed by atoms with Gasteiger partial charge in [-0.15, -0.1) is 19.8 Å². The molecule has 90 valence electrons. The van der Waals surface area contributed by atoms with E-state index >= 15 is 0 Å². The van der Waals surface area contributed by atoms with E-state index in [2.05, 4.69) is 38.2 Å². The van der Waals surface area contributed by atoms with Gasteiger partial charge in [0.2, 0.25) is 0 Å². The summed E-state index contributed by atoms with van der Waals surface area (Å²) in [5.41, 5.74) is 2.85. The number of allylic oxidation sites excluding steroid dienone is 8. The molecule has 2 aliphatic carbocycles. The van der Waals surface area contributed by atoms with Crippen molar-refractivity contribution < 1.29 is 23.3 Å². The van der Waals surface area contributed by atoms with Crippen LogP contribution in [0.15, 0.2) is 35.5 Å². The van der Waals surface area contributed by atoms with Gasteiger partial charge in [-0.3, -0.25) is 12.2 Å². The Morgan fingerprint density at radius 3 is 1.94 bits per heavy atom. The van der Waals surface area contributed by atoms with Crippen LogP contribution in [0.2, 0.25) is 0 Å². The first-order valence-corrected chi connectivity index (χ1v) is 10.5. The van der Waals surface area contributed by atoms with Crippen LogP contribution in [-0.4, -0.2) is 6.88 Å². The van der Waals surface area contributed by atoms with Crippen molar-refractivity contribution in [2.45, 2.75) is 26.7 Å². The Labute approximate surface area is 119 Å². The molecule has 2 aliphatic rings. The number of hydrogen-bond donors (Lipinski definition) is 0. The normalized spacial score (nSPS) is 14.1. The van der Waals surface area contributed by atoms with Gasteiger partial charge in [0.15, 0.2) is 0 Å². The molecule has 16 heavy (non-hydrogen) atoms. The van der Waals surface area contributed by atoms with Gasteiger partial charge in [0.25, 0.3) is 0 Å². The first-order valence-electron chi connectivity index (χ1n) is 4.61. The van der Waals surface area contributed by atoms with E-state index in [0.717, 1.165) is 12.8 Å². The quantitative estimate of drug-likeness (QED) is 0.475. The molecule has 0 nitrogen and oxygen atoms in total. The molecular weight excluding hydrogens is 287 g/mol. The van der Waals surface area contributed by atoms with E-state index in [9.17, 15) is 0 Å². The second-order valence-electron chi connectivity index (χ2n) is 2.99. The molecule has 0 fully saturated rings. The van der Waals surface area contributed by atoms with Crippen molar-refractivity contribution in [2.75, 3.05) is 0 Å². The van der Waals surface area contributed by atoms with E-state index < -0.39 is 0 Å². The summed E-state index contributed by atoms with van der Waals surface area (Å²) in [6, 6.07) is 0. The summed E-state index contributed by atoms with van der Waals surface area (Å²) in [5.74, 6) is 0. The maximum atomic E-state index is 3.12. The van der Waals surface area contributed by atoms with Crippen molar-refractivity contribution in [1.82, 2.24) is 0 Å². The van der Waals surface area contributed by atoms with Gasteiger partial charge in [-0.2, -0.15) is 11.6 Å². The van der Waals surface area contributed by atoms with Crippen LogP contribution in [0.4, 0.5) is 0 Å². The molecular formula is C14H22SiZr-4. The zero-order valence-corrected chi connectivity index (χ0v) is 14.8. The van der Waals surface area contributed by atoms with Gasteiger partial charge in [0.1, 0.15) is 0 Å². The summed E-state index contributed by atoms with van der Waals surface area (Å²) < 4.78 is 0. The summed E-state index contributed by atoms with van der Waals surface area (Å²) in [5, 5.41) is 0. The molecule has 0 bridgehead atoms. The molecule has 0 saturated heterocycles. The zero-order valence-electron chi connectivity index (χ0n) is 10.9. The molecule has 0 spiro atoms. The van der Waals surface area contributed by atoms with Gasteiger partial charge >= 0.3 is 30.2 Å². The molecule has 0 aromatic carbocycles. The summed E-state index contributed by atoms with van der Waals surface area (Å²) in [6.07, 6.45) is 16.2. The molecule has 0 atom stereocenters. The Morgan fingerprint density at radius 1 is 1.19 bits per heavy atom. The molecule has 0 aromatic rings. The van der Waals surface area contributed by atoms with Gasteiger partial charge in [0, 0.05) is 0 Å². The third-order valence-electron chi connectivity index (χ3n) is 1.94. The second-order valence-corrected chi connectivity index (χ2v) is 2.99. The van der Waals surface area contributed by atoms with Crippen LogP contribution in [0.1, 0.15) is 26.7 Å². The van der Waals surface area contributed by atoms with Crippen molar-refractivity contribution in [2.24, 2.45) is 0 Å². The molecule has 0 aliphatic heterocycles. The molecule has 0 amide bonds.